The zero-order valence-electron chi connectivity index (χ0n) is 19.2. The second-order valence-electron chi connectivity index (χ2n) is 11.0. The second-order valence-corrected chi connectivity index (χ2v) is 11.0. The van der Waals surface area contributed by atoms with Crippen LogP contribution in [0.15, 0.2) is 24.3 Å². The number of hydrogen-bond acceptors (Lipinski definition) is 3. The molecular formula is C27H38N2O2. The van der Waals surface area contributed by atoms with E-state index in [0.717, 1.165) is 44.8 Å². The van der Waals surface area contributed by atoms with Crippen molar-refractivity contribution in [2.45, 2.75) is 77.4 Å². The zero-order chi connectivity index (χ0) is 21.4. The number of carbonyl (C=O) groups is 1. The molecule has 0 aromatic heterocycles. The fourth-order valence-electron chi connectivity index (χ4n) is 6.36. The Hall–Kier alpha value is -1.81. The van der Waals surface area contributed by atoms with Crippen LogP contribution in [0.2, 0.25) is 0 Å². The molecule has 4 heteroatoms. The van der Waals surface area contributed by atoms with E-state index in [2.05, 4.69) is 54.4 Å². The second kappa shape index (κ2) is 8.61. The molecule has 3 saturated heterocycles. The molecule has 1 aromatic rings. The lowest BCUT2D eigenvalue weighted by Crippen LogP contribution is -2.53. The van der Waals surface area contributed by atoms with Gasteiger partial charge in [0, 0.05) is 6.54 Å². The number of rotatable bonds is 4. The van der Waals surface area contributed by atoms with Crippen LogP contribution in [0.1, 0.15) is 81.5 Å². The van der Waals surface area contributed by atoms with Gasteiger partial charge in [0.15, 0.2) is 0 Å². The Morgan fingerprint density at radius 2 is 1.90 bits per heavy atom. The molecule has 1 N–H and O–H groups in total. The lowest BCUT2D eigenvalue weighted by Gasteiger charge is -2.44. The number of allylic oxidation sites excluding steroid dienone is 1. The molecule has 1 unspecified atom stereocenters. The van der Waals surface area contributed by atoms with Gasteiger partial charge in [0.1, 0.15) is 6.10 Å². The Balaban J connectivity index is 1.25. The van der Waals surface area contributed by atoms with E-state index in [1.54, 1.807) is 0 Å². The molecule has 1 saturated carbocycles. The van der Waals surface area contributed by atoms with Crippen LogP contribution in [0.5, 0.6) is 0 Å². The largest absolute Gasteiger partial charge is 0.445 e. The van der Waals surface area contributed by atoms with Gasteiger partial charge in [0.2, 0.25) is 0 Å². The van der Waals surface area contributed by atoms with Crippen molar-refractivity contribution in [1.82, 2.24) is 10.2 Å². The molecule has 0 radical (unpaired) electrons. The summed E-state index contributed by atoms with van der Waals surface area (Å²) in [5, 5.41) is 3.24. The van der Waals surface area contributed by atoms with E-state index < -0.39 is 0 Å². The minimum Gasteiger partial charge on any atom is -0.445 e. The highest BCUT2D eigenvalue weighted by atomic mass is 16.6. The monoisotopic (exact) mass is 422 g/mol. The van der Waals surface area contributed by atoms with Crippen molar-refractivity contribution in [3.63, 3.8) is 0 Å². The number of nitrogens with zero attached hydrogens (tertiary/aromatic N) is 1. The number of piperidine rings is 3. The molecule has 1 amide bonds. The van der Waals surface area contributed by atoms with Crippen molar-refractivity contribution >= 4 is 12.2 Å². The number of hydrogen-bond donors (Lipinski definition) is 1. The number of fused-ring (bicyclic) bond motifs is 4. The van der Waals surface area contributed by atoms with Gasteiger partial charge >= 0.3 is 6.09 Å². The zero-order valence-corrected chi connectivity index (χ0v) is 19.2. The fraction of sp³-hybridized carbons (Fsp3) is 0.667. The lowest BCUT2D eigenvalue weighted by atomic mass is 9.85. The Bertz CT molecular complexity index is 832. The Labute approximate surface area is 187 Å². The third-order valence-electron chi connectivity index (χ3n) is 8.23. The first-order valence-electron chi connectivity index (χ1n) is 12.5. The fourth-order valence-corrected chi connectivity index (χ4v) is 6.36. The van der Waals surface area contributed by atoms with Crippen LogP contribution in [0.3, 0.4) is 0 Å². The molecule has 2 aliphatic carbocycles. The summed E-state index contributed by atoms with van der Waals surface area (Å²) in [4.78, 5) is 15.2. The van der Waals surface area contributed by atoms with Crippen molar-refractivity contribution in [3.8, 4) is 0 Å². The molecule has 1 aromatic carbocycles. The van der Waals surface area contributed by atoms with Gasteiger partial charge in [-0.25, -0.2) is 4.79 Å². The lowest BCUT2D eigenvalue weighted by molar-refractivity contribution is -0.0348. The molecule has 4 nitrogen and oxygen atoms in total. The van der Waals surface area contributed by atoms with Gasteiger partial charge in [-0.3, -0.25) is 4.90 Å². The molecule has 2 bridgehead atoms. The number of carbonyl (C=O) groups excluding carboxylic acids is 1. The van der Waals surface area contributed by atoms with Gasteiger partial charge in [-0.1, -0.05) is 63.5 Å². The summed E-state index contributed by atoms with van der Waals surface area (Å²) >= 11 is 0. The van der Waals surface area contributed by atoms with Crippen LogP contribution in [-0.2, 0) is 11.2 Å². The molecule has 3 aliphatic heterocycles. The van der Waals surface area contributed by atoms with Gasteiger partial charge in [-0.05, 0) is 79.1 Å². The van der Waals surface area contributed by atoms with Gasteiger partial charge in [0.05, 0.1) is 6.04 Å². The van der Waals surface area contributed by atoms with Crippen molar-refractivity contribution < 1.29 is 9.53 Å². The first-order chi connectivity index (χ1) is 15.0. The van der Waals surface area contributed by atoms with E-state index in [4.69, 9.17) is 4.74 Å². The van der Waals surface area contributed by atoms with E-state index in [1.807, 2.05) is 0 Å². The summed E-state index contributed by atoms with van der Waals surface area (Å²) in [5.41, 5.74) is 3.90. The maximum atomic E-state index is 12.8. The maximum absolute atomic E-state index is 12.8. The van der Waals surface area contributed by atoms with E-state index in [9.17, 15) is 4.79 Å². The third kappa shape index (κ3) is 4.55. The van der Waals surface area contributed by atoms with Crippen LogP contribution in [0.4, 0.5) is 4.79 Å². The van der Waals surface area contributed by atoms with Crippen LogP contribution < -0.4 is 5.32 Å². The summed E-state index contributed by atoms with van der Waals surface area (Å²) in [6.07, 6.45) is 14.7. The minimum absolute atomic E-state index is 0.00691. The molecule has 6 rings (SSSR count). The van der Waals surface area contributed by atoms with E-state index in [0.29, 0.717) is 5.92 Å². The number of amides is 1. The summed E-state index contributed by atoms with van der Waals surface area (Å²) in [6.45, 7) is 7.73. The summed E-state index contributed by atoms with van der Waals surface area (Å²) in [7, 11) is 0. The van der Waals surface area contributed by atoms with Crippen molar-refractivity contribution in [2.75, 3.05) is 19.6 Å². The first-order valence-corrected chi connectivity index (χ1v) is 12.5. The van der Waals surface area contributed by atoms with E-state index >= 15 is 0 Å². The molecule has 3 heterocycles. The summed E-state index contributed by atoms with van der Waals surface area (Å²) < 4.78 is 5.92. The normalized spacial score (nSPS) is 32.2. The van der Waals surface area contributed by atoms with Gasteiger partial charge in [-0.2, -0.15) is 0 Å². The molecule has 0 spiro atoms. The van der Waals surface area contributed by atoms with Crippen molar-refractivity contribution in [2.24, 2.45) is 17.3 Å². The minimum atomic E-state index is -0.244. The Kier molecular flexibility index (Phi) is 5.85. The SMILES string of the molecule is CC1(C)Cc2cc(/C=C/C3CCCCC3)ccc2C1NC(=O)O[C@@H]1CN2CCC1CC2. The first kappa shape index (κ1) is 21.1. The van der Waals surface area contributed by atoms with Crippen LogP contribution >= 0.6 is 0 Å². The predicted molar refractivity (Wildman–Crippen MR) is 125 cm³/mol. The van der Waals surface area contributed by atoms with Gasteiger partial charge in [0.25, 0.3) is 0 Å². The number of nitrogens with one attached hydrogen (secondary N) is 1. The molecule has 2 atom stereocenters. The van der Waals surface area contributed by atoms with Crippen molar-refractivity contribution in [1.29, 1.82) is 0 Å². The molecular weight excluding hydrogens is 384 g/mol. The number of ether oxygens (including phenoxy) is 1. The van der Waals surface area contributed by atoms with Crippen LogP contribution in [0.25, 0.3) is 6.08 Å². The van der Waals surface area contributed by atoms with Crippen LogP contribution in [-0.4, -0.2) is 36.7 Å². The number of benzene rings is 1. The van der Waals surface area contributed by atoms with Gasteiger partial charge < -0.3 is 10.1 Å². The highest BCUT2D eigenvalue weighted by Crippen LogP contribution is 2.45. The van der Waals surface area contributed by atoms with E-state index in [-0.39, 0.29) is 23.7 Å². The maximum Gasteiger partial charge on any atom is 0.407 e. The average Bonchev–Trinajstić information content (AvgIpc) is 3.02. The third-order valence-corrected chi connectivity index (χ3v) is 8.23. The topological polar surface area (TPSA) is 41.6 Å². The van der Waals surface area contributed by atoms with Gasteiger partial charge in [-0.15, -0.1) is 0 Å². The van der Waals surface area contributed by atoms with Crippen molar-refractivity contribution in [3.05, 3.63) is 41.0 Å². The smallest absolute Gasteiger partial charge is 0.407 e. The average molecular weight is 423 g/mol. The van der Waals surface area contributed by atoms with Crippen LogP contribution in [0, 0.1) is 17.3 Å². The molecule has 31 heavy (non-hydrogen) atoms. The summed E-state index contributed by atoms with van der Waals surface area (Å²) in [6, 6.07) is 6.78. The highest BCUT2D eigenvalue weighted by molar-refractivity contribution is 5.69. The molecule has 5 aliphatic rings. The predicted octanol–water partition coefficient (Wildman–Crippen LogP) is 5.72. The Morgan fingerprint density at radius 1 is 1.13 bits per heavy atom. The summed E-state index contributed by atoms with van der Waals surface area (Å²) in [5.74, 6) is 1.28. The van der Waals surface area contributed by atoms with E-state index in [1.165, 1.54) is 48.8 Å². The molecule has 4 fully saturated rings. The highest BCUT2D eigenvalue weighted by Gasteiger charge is 2.41. The standard InChI is InChI=1S/C27H38N2O2/c1-27(2)17-22-16-20(9-8-19-6-4-3-5-7-19)10-11-23(22)25(27)28-26(30)31-24-18-29-14-12-21(24)13-15-29/h8-11,16,19,21,24-25H,3-7,12-15,17-18H2,1-2H3,(H,28,30)/b9-8+/t24-,25?/m1/s1. The molecule has 168 valence electrons. The number of alkyl carbamates (subject to hydrolysis) is 1. The Morgan fingerprint density at radius 3 is 2.61 bits per heavy atom. The quantitative estimate of drug-likeness (QED) is 0.674.